The van der Waals surface area contributed by atoms with Gasteiger partial charge in [0, 0.05) is 19.5 Å². The predicted octanol–water partition coefficient (Wildman–Crippen LogP) is 3.22. The highest BCUT2D eigenvalue weighted by Gasteiger charge is 2.31. The molecule has 1 heterocycles. The third-order valence-electron chi connectivity index (χ3n) is 5.07. The molecule has 0 radical (unpaired) electrons. The van der Waals surface area contributed by atoms with Crippen LogP contribution in [0.1, 0.15) is 12.0 Å². The van der Waals surface area contributed by atoms with Crippen LogP contribution in [-0.4, -0.2) is 36.3 Å². The van der Waals surface area contributed by atoms with Crippen LogP contribution in [0, 0.1) is 0 Å². The van der Waals surface area contributed by atoms with E-state index in [2.05, 4.69) is 24.3 Å². The molecule has 1 aliphatic rings. The molecule has 1 amide bonds. The molecule has 1 saturated heterocycles. The average molecular weight is 376 g/mol. The minimum atomic E-state index is -1.17. The fraction of sp³-hybridized carbons (Fsp3) is 0.261. The molecule has 0 aliphatic carbocycles. The first-order valence-corrected chi connectivity index (χ1v) is 9.46. The lowest BCUT2D eigenvalue weighted by Crippen LogP contribution is -2.55. The number of rotatable bonds is 5. The van der Waals surface area contributed by atoms with Gasteiger partial charge in [-0.3, -0.25) is 0 Å². The van der Waals surface area contributed by atoms with Crippen LogP contribution in [0.2, 0.25) is 0 Å². The monoisotopic (exact) mass is 376 g/mol. The summed E-state index contributed by atoms with van der Waals surface area (Å²) in [6.07, 6.45) is -1.18. The van der Waals surface area contributed by atoms with Crippen LogP contribution in [0.5, 0.6) is 5.75 Å². The first-order valence-electron chi connectivity index (χ1n) is 9.46. The zero-order valence-corrected chi connectivity index (χ0v) is 15.5. The highest BCUT2D eigenvalue weighted by atomic mass is 16.5. The van der Waals surface area contributed by atoms with Crippen LogP contribution < -0.4 is 9.84 Å². The van der Waals surface area contributed by atoms with Crippen LogP contribution in [0.4, 0.5) is 4.79 Å². The number of piperidine rings is 1. The Morgan fingerprint density at radius 2 is 1.71 bits per heavy atom. The van der Waals surface area contributed by atoms with Crippen LogP contribution >= 0.6 is 0 Å². The molecule has 28 heavy (non-hydrogen) atoms. The molecular formula is C23H22NO4-. The van der Waals surface area contributed by atoms with E-state index >= 15 is 0 Å². The number of hydrogen-bond donors (Lipinski definition) is 0. The van der Waals surface area contributed by atoms with Crippen LogP contribution in [0.3, 0.4) is 0 Å². The summed E-state index contributed by atoms with van der Waals surface area (Å²) in [5.41, 5.74) is 1.04. The second kappa shape index (κ2) is 8.31. The molecule has 0 bridgehead atoms. The summed E-state index contributed by atoms with van der Waals surface area (Å²) < 4.78 is 12.2. The number of benzene rings is 3. The summed E-state index contributed by atoms with van der Waals surface area (Å²) in [5, 5.41) is 13.6. The Morgan fingerprint density at radius 1 is 0.964 bits per heavy atom. The van der Waals surface area contributed by atoms with E-state index in [0.29, 0.717) is 19.6 Å². The molecule has 4 rings (SSSR count). The predicted molar refractivity (Wildman–Crippen MR) is 105 cm³/mol. The lowest BCUT2D eigenvalue weighted by atomic mass is 10.0. The van der Waals surface area contributed by atoms with Gasteiger partial charge in [0.15, 0.2) is 0 Å². The second-order valence-electron chi connectivity index (χ2n) is 7.00. The third-order valence-corrected chi connectivity index (χ3v) is 5.07. The summed E-state index contributed by atoms with van der Waals surface area (Å²) in [5.74, 6) is 0.758. The lowest BCUT2D eigenvalue weighted by molar-refractivity contribution is -0.269. The molecule has 5 nitrogen and oxygen atoms in total. The number of amides is 1. The van der Waals surface area contributed by atoms with Gasteiger partial charge in [-0.15, -0.1) is 0 Å². The SMILES string of the molecule is O=C([O-])N1CCC(Oc2ccccc2)C(OCc2ccc3ccccc3c2)C1. The van der Waals surface area contributed by atoms with Crippen molar-refractivity contribution >= 4 is 16.9 Å². The second-order valence-corrected chi connectivity index (χ2v) is 7.00. The Bertz CT molecular complexity index is 943. The van der Waals surface area contributed by atoms with Gasteiger partial charge in [-0.25, -0.2) is 0 Å². The van der Waals surface area contributed by atoms with Crippen LogP contribution in [-0.2, 0) is 11.3 Å². The van der Waals surface area contributed by atoms with E-state index in [9.17, 15) is 9.90 Å². The molecule has 1 fully saturated rings. The number of nitrogens with zero attached hydrogens (tertiary/aromatic N) is 1. The minimum Gasteiger partial charge on any atom is -0.530 e. The van der Waals surface area contributed by atoms with Gasteiger partial charge in [-0.05, 0) is 34.5 Å². The van der Waals surface area contributed by atoms with Gasteiger partial charge in [-0.2, -0.15) is 0 Å². The molecule has 144 valence electrons. The fourth-order valence-corrected chi connectivity index (χ4v) is 3.56. The van der Waals surface area contributed by atoms with Gasteiger partial charge in [0.05, 0.1) is 6.61 Å². The van der Waals surface area contributed by atoms with Crippen molar-refractivity contribution in [1.82, 2.24) is 4.90 Å². The third kappa shape index (κ3) is 4.26. The number of carboxylic acid groups (broad SMARTS) is 1. The van der Waals surface area contributed by atoms with Crippen molar-refractivity contribution in [3.8, 4) is 5.75 Å². The molecule has 0 N–H and O–H groups in total. The van der Waals surface area contributed by atoms with Crippen molar-refractivity contribution in [3.05, 3.63) is 78.4 Å². The quantitative estimate of drug-likeness (QED) is 0.686. The maximum absolute atomic E-state index is 11.3. The maximum atomic E-state index is 11.3. The number of likely N-dealkylation sites (tertiary alicyclic amines) is 1. The Balaban J connectivity index is 1.47. The van der Waals surface area contributed by atoms with E-state index in [1.165, 1.54) is 10.3 Å². The van der Waals surface area contributed by atoms with Crippen LogP contribution in [0.25, 0.3) is 10.8 Å². The van der Waals surface area contributed by atoms with Crippen molar-refractivity contribution in [2.75, 3.05) is 13.1 Å². The summed E-state index contributed by atoms with van der Waals surface area (Å²) in [6, 6.07) is 23.9. The first kappa shape index (κ1) is 18.3. The van der Waals surface area contributed by atoms with E-state index in [0.717, 1.165) is 16.7 Å². The Morgan fingerprint density at radius 3 is 2.50 bits per heavy atom. The van der Waals surface area contributed by atoms with Gasteiger partial charge in [-0.1, -0.05) is 54.6 Å². The van der Waals surface area contributed by atoms with Gasteiger partial charge in [0.25, 0.3) is 0 Å². The summed E-state index contributed by atoms with van der Waals surface area (Å²) in [4.78, 5) is 12.6. The van der Waals surface area contributed by atoms with Gasteiger partial charge >= 0.3 is 0 Å². The van der Waals surface area contributed by atoms with Gasteiger partial charge in [0.1, 0.15) is 24.1 Å². The van der Waals surface area contributed by atoms with E-state index in [-0.39, 0.29) is 18.8 Å². The molecule has 3 aromatic rings. The average Bonchev–Trinajstić information content (AvgIpc) is 2.73. The highest BCUT2D eigenvalue weighted by Crippen LogP contribution is 2.23. The maximum Gasteiger partial charge on any atom is 0.137 e. The molecule has 2 atom stereocenters. The van der Waals surface area contributed by atoms with E-state index in [1.54, 1.807) is 0 Å². The van der Waals surface area contributed by atoms with E-state index in [4.69, 9.17) is 9.47 Å². The Kier molecular flexibility index (Phi) is 5.44. The summed E-state index contributed by atoms with van der Waals surface area (Å²) in [6.45, 7) is 1.02. The molecule has 0 aromatic heterocycles. The van der Waals surface area contributed by atoms with Crippen molar-refractivity contribution in [3.63, 3.8) is 0 Å². The topological polar surface area (TPSA) is 61.8 Å². The van der Waals surface area contributed by atoms with Crippen LogP contribution in [0.15, 0.2) is 72.8 Å². The molecule has 0 spiro atoms. The Labute approximate surface area is 164 Å². The molecule has 0 saturated carbocycles. The van der Waals surface area contributed by atoms with Crippen molar-refractivity contribution in [2.24, 2.45) is 0 Å². The molecule has 5 heteroatoms. The molecule has 1 aliphatic heterocycles. The zero-order chi connectivity index (χ0) is 19.3. The standard InChI is InChI=1S/C23H23NO4/c25-23(26)24-13-12-21(28-20-8-2-1-3-9-20)22(15-24)27-16-17-10-11-18-6-4-5-7-19(18)14-17/h1-11,14,21-22H,12-13,15-16H2,(H,25,26)/p-1. The molecule has 3 aromatic carbocycles. The number of carbonyl (C=O) groups is 1. The van der Waals surface area contributed by atoms with Crippen molar-refractivity contribution in [1.29, 1.82) is 0 Å². The summed E-state index contributed by atoms with van der Waals surface area (Å²) >= 11 is 0. The van der Waals surface area contributed by atoms with E-state index in [1.807, 2.05) is 48.5 Å². The van der Waals surface area contributed by atoms with Crippen molar-refractivity contribution in [2.45, 2.75) is 25.2 Å². The van der Waals surface area contributed by atoms with E-state index < -0.39 is 6.09 Å². The first-order chi connectivity index (χ1) is 13.7. The number of fused-ring (bicyclic) bond motifs is 1. The molecular weight excluding hydrogens is 354 g/mol. The lowest BCUT2D eigenvalue weighted by Gasteiger charge is -2.39. The van der Waals surface area contributed by atoms with Gasteiger partial charge < -0.3 is 24.3 Å². The highest BCUT2D eigenvalue weighted by molar-refractivity contribution is 5.82. The van der Waals surface area contributed by atoms with Gasteiger partial charge in [0.2, 0.25) is 0 Å². The number of para-hydroxylation sites is 1. The molecule has 2 unspecified atom stereocenters. The number of hydrogen-bond acceptors (Lipinski definition) is 4. The number of carbonyl (C=O) groups excluding carboxylic acids is 1. The minimum absolute atomic E-state index is 0.210. The number of ether oxygens (including phenoxy) is 2. The zero-order valence-electron chi connectivity index (χ0n) is 15.5. The normalized spacial score (nSPS) is 19.5. The smallest absolute Gasteiger partial charge is 0.137 e. The summed E-state index contributed by atoms with van der Waals surface area (Å²) in [7, 11) is 0. The fourth-order valence-electron chi connectivity index (χ4n) is 3.56. The van der Waals surface area contributed by atoms with Crippen molar-refractivity contribution < 1.29 is 19.4 Å². The Hall–Kier alpha value is -3.05. The largest absolute Gasteiger partial charge is 0.530 e.